The van der Waals surface area contributed by atoms with Crippen LogP contribution >= 0.6 is 0 Å². The number of esters is 1. The van der Waals surface area contributed by atoms with Crippen molar-refractivity contribution in [2.24, 2.45) is 0 Å². The summed E-state index contributed by atoms with van der Waals surface area (Å²) in [5.41, 5.74) is 0.132. The van der Waals surface area contributed by atoms with Gasteiger partial charge in [-0.3, -0.25) is 4.79 Å². The minimum absolute atomic E-state index is 0.0782. The minimum Gasteiger partial charge on any atom is -0.452 e. The molecule has 0 aromatic carbocycles. The molecule has 0 bridgehead atoms. The first-order chi connectivity index (χ1) is 9.88. The first-order valence-electron chi connectivity index (χ1n) is 6.96. The maximum Gasteiger partial charge on any atom is 0.342 e. The van der Waals surface area contributed by atoms with Crippen LogP contribution in [0.25, 0.3) is 0 Å². The molecule has 0 saturated heterocycles. The minimum atomic E-state index is -0.673. The third-order valence-electron chi connectivity index (χ3n) is 3.22. The molecule has 1 N–H and O–H groups in total. The number of amides is 1. The van der Waals surface area contributed by atoms with E-state index < -0.39 is 11.6 Å². The number of hydrogen-bond acceptors (Lipinski definition) is 5. The van der Waals surface area contributed by atoms with Gasteiger partial charge in [-0.2, -0.15) is 0 Å². The third-order valence-corrected chi connectivity index (χ3v) is 3.22. The second-order valence-electron chi connectivity index (χ2n) is 4.84. The summed E-state index contributed by atoms with van der Waals surface area (Å²) in [4.78, 5) is 34.8. The lowest BCUT2D eigenvalue weighted by Gasteiger charge is -2.14. The van der Waals surface area contributed by atoms with Crippen LogP contribution < -0.4 is 10.9 Å². The van der Waals surface area contributed by atoms with Gasteiger partial charge in [0.25, 0.3) is 5.91 Å². The van der Waals surface area contributed by atoms with Crippen molar-refractivity contribution >= 4 is 11.9 Å². The summed E-state index contributed by atoms with van der Waals surface area (Å²) in [6.07, 6.45) is 1.64. The molecule has 1 amide bonds. The summed E-state index contributed by atoms with van der Waals surface area (Å²) in [6.45, 7) is 6.71. The molecule has 0 aliphatic carbocycles. The molecule has 0 saturated carbocycles. The Hall–Kier alpha value is -2.11. The van der Waals surface area contributed by atoms with E-state index in [1.807, 2.05) is 13.8 Å². The standard InChI is InChI=1S/C15H21NO5/c1-5-11(6-2)16-12(17)8-20-15(19)14-9(3)7-13(18)21-10(14)4/h7,11H,5-6,8H2,1-4H3,(H,16,17). The van der Waals surface area contributed by atoms with E-state index in [-0.39, 0.29) is 29.9 Å². The summed E-state index contributed by atoms with van der Waals surface area (Å²) in [5, 5.41) is 2.77. The van der Waals surface area contributed by atoms with E-state index in [0.717, 1.165) is 12.8 Å². The normalized spacial score (nSPS) is 10.5. The SMILES string of the molecule is CCC(CC)NC(=O)COC(=O)c1c(C)cc(=O)oc1C. The Labute approximate surface area is 123 Å². The van der Waals surface area contributed by atoms with Crippen LogP contribution in [0.2, 0.25) is 0 Å². The fourth-order valence-electron chi connectivity index (χ4n) is 2.03. The summed E-state index contributed by atoms with van der Waals surface area (Å²) < 4.78 is 9.83. The Kier molecular flexibility index (Phi) is 6.14. The highest BCUT2D eigenvalue weighted by atomic mass is 16.5. The van der Waals surface area contributed by atoms with Crippen LogP contribution in [-0.2, 0) is 9.53 Å². The second-order valence-corrected chi connectivity index (χ2v) is 4.84. The first kappa shape index (κ1) is 16.9. The number of carbonyl (C=O) groups is 2. The van der Waals surface area contributed by atoms with Gasteiger partial charge in [-0.25, -0.2) is 9.59 Å². The molecule has 1 rings (SSSR count). The number of hydrogen-bond donors (Lipinski definition) is 1. The van der Waals surface area contributed by atoms with E-state index in [4.69, 9.17) is 9.15 Å². The maximum atomic E-state index is 12.0. The summed E-state index contributed by atoms with van der Waals surface area (Å²) in [7, 11) is 0. The first-order valence-corrected chi connectivity index (χ1v) is 6.96. The lowest BCUT2D eigenvalue weighted by Crippen LogP contribution is -2.37. The predicted octanol–water partition coefficient (Wildman–Crippen LogP) is 1.72. The Bertz CT molecular complexity index is 546. The quantitative estimate of drug-likeness (QED) is 0.808. The number of carbonyl (C=O) groups excluding carboxylic acids is 2. The Morgan fingerprint density at radius 3 is 2.43 bits per heavy atom. The lowest BCUT2D eigenvalue weighted by molar-refractivity contribution is -0.125. The molecule has 0 fully saturated rings. The number of aryl methyl sites for hydroxylation is 2. The Morgan fingerprint density at radius 2 is 1.90 bits per heavy atom. The van der Waals surface area contributed by atoms with E-state index >= 15 is 0 Å². The van der Waals surface area contributed by atoms with Crippen LogP contribution in [0, 0.1) is 13.8 Å². The predicted molar refractivity (Wildman–Crippen MR) is 77.2 cm³/mol. The van der Waals surface area contributed by atoms with Crippen LogP contribution in [0.4, 0.5) is 0 Å². The average Bonchev–Trinajstić information content (AvgIpc) is 2.41. The Morgan fingerprint density at radius 1 is 1.29 bits per heavy atom. The van der Waals surface area contributed by atoms with Crippen LogP contribution in [-0.4, -0.2) is 24.5 Å². The highest BCUT2D eigenvalue weighted by molar-refractivity contribution is 5.93. The lowest BCUT2D eigenvalue weighted by atomic mass is 10.1. The summed E-state index contributed by atoms with van der Waals surface area (Å²) in [5.74, 6) is -0.830. The maximum absolute atomic E-state index is 12.0. The largest absolute Gasteiger partial charge is 0.452 e. The molecule has 1 heterocycles. The third kappa shape index (κ3) is 4.73. The highest BCUT2D eigenvalue weighted by Gasteiger charge is 2.18. The van der Waals surface area contributed by atoms with Crippen molar-refractivity contribution in [1.29, 1.82) is 0 Å². The topological polar surface area (TPSA) is 85.6 Å². The molecule has 0 spiro atoms. The van der Waals surface area contributed by atoms with Crippen molar-refractivity contribution in [2.45, 2.75) is 46.6 Å². The van der Waals surface area contributed by atoms with Crippen molar-refractivity contribution in [3.05, 3.63) is 33.4 Å². The summed E-state index contributed by atoms with van der Waals surface area (Å²) >= 11 is 0. The van der Waals surface area contributed by atoms with Gasteiger partial charge < -0.3 is 14.5 Å². The van der Waals surface area contributed by atoms with Gasteiger partial charge in [-0.1, -0.05) is 13.8 Å². The molecule has 0 unspecified atom stereocenters. The molecule has 116 valence electrons. The molecule has 0 aliphatic heterocycles. The van der Waals surface area contributed by atoms with E-state index in [1.165, 1.54) is 13.0 Å². The van der Waals surface area contributed by atoms with Crippen molar-refractivity contribution in [1.82, 2.24) is 5.32 Å². The van der Waals surface area contributed by atoms with Gasteiger partial charge in [0.15, 0.2) is 6.61 Å². The van der Waals surface area contributed by atoms with Crippen molar-refractivity contribution in [3.63, 3.8) is 0 Å². The van der Waals surface area contributed by atoms with E-state index in [2.05, 4.69) is 5.32 Å². The van der Waals surface area contributed by atoms with Gasteiger partial charge in [0, 0.05) is 12.1 Å². The van der Waals surface area contributed by atoms with E-state index in [0.29, 0.717) is 5.56 Å². The van der Waals surface area contributed by atoms with Crippen LogP contribution in [0.1, 0.15) is 48.4 Å². The molecule has 6 heteroatoms. The van der Waals surface area contributed by atoms with Gasteiger partial charge in [0.2, 0.25) is 0 Å². The van der Waals surface area contributed by atoms with Crippen molar-refractivity contribution in [2.75, 3.05) is 6.61 Å². The zero-order chi connectivity index (χ0) is 16.0. The molecule has 1 aromatic heterocycles. The zero-order valence-corrected chi connectivity index (χ0v) is 12.8. The van der Waals surface area contributed by atoms with Crippen LogP contribution in [0.15, 0.2) is 15.3 Å². The molecular formula is C15H21NO5. The molecule has 0 atom stereocenters. The zero-order valence-electron chi connectivity index (χ0n) is 12.8. The molecule has 21 heavy (non-hydrogen) atoms. The number of nitrogens with one attached hydrogen (secondary N) is 1. The van der Waals surface area contributed by atoms with Gasteiger partial charge >= 0.3 is 11.6 Å². The summed E-state index contributed by atoms with van der Waals surface area (Å²) in [6, 6.07) is 1.29. The van der Waals surface area contributed by atoms with Crippen molar-refractivity contribution < 1.29 is 18.7 Å². The van der Waals surface area contributed by atoms with Crippen LogP contribution in [0.3, 0.4) is 0 Å². The molecular weight excluding hydrogens is 274 g/mol. The van der Waals surface area contributed by atoms with Gasteiger partial charge in [-0.15, -0.1) is 0 Å². The average molecular weight is 295 g/mol. The number of rotatable bonds is 6. The second kappa shape index (κ2) is 7.61. The van der Waals surface area contributed by atoms with Crippen LogP contribution in [0.5, 0.6) is 0 Å². The van der Waals surface area contributed by atoms with Crippen molar-refractivity contribution in [3.8, 4) is 0 Å². The molecule has 6 nitrogen and oxygen atoms in total. The molecule has 0 aliphatic rings. The number of ether oxygens (including phenoxy) is 1. The fraction of sp³-hybridized carbons (Fsp3) is 0.533. The van der Waals surface area contributed by atoms with Gasteiger partial charge in [-0.05, 0) is 32.3 Å². The van der Waals surface area contributed by atoms with Gasteiger partial charge in [0.05, 0.1) is 0 Å². The monoisotopic (exact) mass is 295 g/mol. The molecule has 1 aromatic rings. The van der Waals surface area contributed by atoms with E-state index in [9.17, 15) is 14.4 Å². The highest BCUT2D eigenvalue weighted by Crippen LogP contribution is 2.12. The van der Waals surface area contributed by atoms with Gasteiger partial charge in [0.1, 0.15) is 11.3 Å². The van der Waals surface area contributed by atoms with E-state index in [1.54, 1.807) is 6.92 Å². The smallest absolute Gasteiger partial charge is 0.342 e. The Balaban J connectivity index is 2.67. The fourth-order valence-corrected chi connectivity index (χ4v) is 2.03. The molecule has 0 radical (unpaired) electrons.